The molecule has 13 nitrogen and oxygen atoms in total. The van der Waals surface area contributed by atoms with Gasteiger partial charge in [0.25, 0.3) is 16.7 Å². The Morgan fingerprint density at radius 1 is 0.644 bits per heavy atom. The van der Waals surface area contributed by atoms with Gasteiger partial charge < -0.3 is 24.8 Å². The van der Waals surface area contributed by atoms with E-state index < -0.39 is 0 Å². The predicted octanol–water partition coefficient (Wildman–Crippen LogP) is 3.50. The summed E-state index contributed by atoms with van der Waals surface area (Å²) in [5.41, 5.74) is 2.28. The molecule has 0 unspecified atom stereocenters. The lowest BCUT2D eigenvalue weighted by Gasteiger charge is -2.27. The molecule has 1 saturated carbocycles. The van der Waals surface area contributed by atoms with Crippen molar-refractivity contribution in [1.82, 2.24) is 29.2 Å². The van der Waals surface area contributed by atoms with E-state index in [-0.39, 0.29) is 29.1 Å². The Hall–Kier alpha value is -4.24. The van der Waals surface area contributed by atoms with Crippen molar-refractivity contribution in [2.24, 2.45) is 4.99 Å². The average molecular weight is 806 g/mol. The molecule has 13 heteroatoms. The summed E-state index contributed by atoms with van der Waals surface area (Å²) in [5, 5.41) is 18.0. The molecule has 0 atom stereocenters. The highest BCUT2D eigenvalue weighted by atomic mass is 16.5. The summed E-state index contributed by atoms with van der Waals surface area (Å²) in [5.74, 6) is -0.150. The van der Waals surface area contributed by atoms with Crippen LogP contribution in [-0.4, -0.2) is 127 Å². The number of hydrogen-bond donors (Lipinski definition) is 2. The Bertz CT molecular complexity index is 2420. The number of aromatic hydroxyl groups is 1. The molecule has 4 fully saturated rings. The largest absolute Gasteiger partial charge is 0.494 e. The lowest BCUT2D eigenvalue weighted by atomic mass is 9.86. The molecular weight excluding hydrogens is 747 g/mol. The van der Waals surface area contributed by atoms with Crippen molar-refractivity contribution in [1.29, 1.82) is 0 Å². The molecule has 3 saturated heterocycles. The summed E-state index contributed by atoms with van der Waals surface area (Å²) in [7, 11) is 0. The second kappa shape index (κ2) is 18.2. The van der Waals surface area contributed by atoms with E-state index in [0.717, 1.165) is 89.4 Å². The molecule has 1 aromatic heterocycles. The summed E-state index contributed by atoms with van der Waals surface area (Å²) >= 11 is 0. The zero-order valence-electron chi connectivity index (χ0n) is 34.4. The number of benzene rings is 3. The van der Waals surface area contributed by atoms with Crippen molar-refractivity contribution < 1.29 is 14.6 Å². The number of ether oxygens (including phenoxy) is 2. The number of hydrogen-bond acceptors (Lipinski definition) is 11. The fourth-order valence-corrected chi connectivity index (χ4v) is 9.98. The van der Waals surface area contributed by atoms with Crippen LogP contribution in [-0.2, 0) is 29.1 Å². The second-order valence-corrected chi connectivity index (χ2v) is 17.1. The molecule has 2 aromatic carbocycles. The number of nitrogens with one attached hydrogen (secondary N) is 1. The van der Waals surface area contributed by atoms with Crippen molar-refractivity contribution in [2.75, 3.05) is 91.9 Å². The Balaban J connectivity index is 1.20. The van der Waals surface area contributed by atoms with E-state index in [0.29, 0.717) is 102 Å². The van der Waals surface area contributed by atoms with Crippen molar-refractivity contribution in [2.45, 2.75) is 77.0 Å². The van der Waals surface area contributed by atoms with E-state index in [1.54, 1.807) is 6.07 Å². The van der Waals surface area contributed by atoms with Crippen LogP contribution in [0.5, 0.6) is 5.88 Å². The van der Waals surface area contributed by atoms with Gasteiger partial charge in [-0.2, -0.15) is 0 Å². The van der Waals surface area contributed by atoms with Crippen LogP contribution in [0.2, 0.25) is 0 Å². The van der Waals surface area contributed by atoms with Gasteiger partial charge >= 0.3 is 0 Å². The molecule has 3 aromatic rings. The minimum atomic E-state index is -0.386. The van der Waals surface area contributed by atoms with E-state index in [4.69, 9.17) is 14.5 Å². The number of morpholine rings is 2. The maximum absolute atomic E-state index is 14.9. The third-order valence-electron chi connectivity index (χ3n) is 13.3. The summed E-state index contributed by atoms with van der Waals surface area (Å²) in [6.07, 6.45) is 8.56. The highest BCUT2D eigenvalue weighted by molar-refractivity contribution is 6.19. The van der Waals surface area contributed by atoms with Crippen LogP contribution < -0.4 is 27.4 Å². The number of pyridine rings is 2. The van der Waals surface area contributed by atoms with Gasteiger partial charge in [0.15, 0.2) is 0 Å². The van der Waals surface area contributed by atoms with Gasteiger partial charge in [0.2, 0.25) is 5.88 Å². The van der Waals surface area contributed by atoms with Crippen LogP contribution in [0.25, 0.3) is 43.8 Å². The third kappa shape index (κ3) is 8.42. The van der Waals surface area contributed by atoms with E-state index in [9.17, 15) is 19.5 Å². The smallest absolute Gasteiger partial charge is 0.263 e. The molecule has 0 spiro atoms. The second-order valence-electron chi connectivity index (χ2n) is 17.1. The van der Waals surface area contributed by atoms with Crippen LogP contribution in [0.1, 0.15) is 56.9 Å². The normalized spacial score (nSPS) is 19.4. The quantitative estimate of drug-likeness (QED) is 0.152. The van der Waals surface area contributed by atoms with Crippen LogP contribution in [0, 0.1) is 0 Å². The van der Waals surface area contributed by atoms with Gasteiger partial charge in [-0.05, 0) is 80.4 Å². The number of likely N-dealkylation sites (tertiary alicyclic amines) is 1. The van der Waals surface area contributed by atoms with E-state index in [1.165, 1.54) is 34.8 Å². The SMILES string of the molecule is O=c1c2c(=NCCN3CCCC3)cc3c(=O)n(CCCN4CCOCC4)c(=O)c4c(-c5ccc(CNC6CCCC6)cc5)cc(c(O)n1CCCN1CCOCC1)c2c4-3. The standard InChI is InChI=1S/C46H59N7O6/c54-43-36-29-35(33-11-9-32(10-12-33)31-48-34-7-1-2-8-34)41-39-37(44(55)52(45(41)56)18-5-16-50-21-25-58-26-22-50)30-38(47-13-20-49-14-3-4-15-49)42(40(36)39)46(57)53(43)19-6-17-51-23-27-59-28-24-51/h9-12,29-30,34,48,54H,1-8,13-28,31H2. The zero-order valence-corrected chi connectivity index (χ0v) is 34.4. The van der Waals surface area contributed by atoms with E-state index in [1.807, 2.05) is 18.2 Å². The zero-order chi connectivity index (χ0) is 40.3. The van der Waals surface area contributed by atoms with Crippen LogP contribution >= 0.6 is 0 Å². The predicted molar refractivity (Wildman–Crippen MR) is 231 cm³/mol. The molecule has 5 heterocycles. The maximum Gasteiger partial charge on any atom is 0.263 e. The molecule has 0 radical (unpaired) electrons. The molecule has 59 heavy (non-hydrogen) atoms. The lowest BCUT2D eigenvalue weighted by Crippen LogP contribution is -2.40. The van der Waals surface area contributed by atoms with Crippen molar-refractivity contribution >= 4 is 21.5 Å². The Kier molecular flexibility index (Phi) is 12.4. The molecule has 0 amide bonds. The lowest BCUT2D eigenvalue weighted by molar-refractivity contribution is 0.0368. The Labute approximate surface area is 344 Å². The van der Waals surface area contributed by atoms with Crippen molar-refractivity contribution in [3.8, 4) is 28.1 Å². The summed E-state index contributed by atoms with van der Waals surface area (Å²) < 4.78 is 14.0. The average Bonchev–Trinajstić information content (AvgIpc) is 4.00. The van der Waals surface area contributed by atoms with Gasteiger partial charge in [0, 0.05) is 87.8 Å². The summed E-state index contributed by atoms with van der Waals surface area (Å²) in [6, 6.07) is 12.4. The van der Waals surface area contributed by atoms with E-state index in [2.05, 4.69) is 32.1 Å². The maximum atomic E-state index is 14.9. The van der Waals surface area contributed by atoms with Gasteiger partial charge in [-0.3, -0.25) is 38.3 Å². The first-order valence-electron chi connectivity index (χ1n) is 22.2. The van der Waals surface area contributed by atoms with Crippen molar-refractivity contribution in [3.63, 3.8) is 0 Å². The molecule has 314 valence electrons. The molecule has 0 bridgehead atoms. The topological polar surface area (TPSA) is 134 Å². The van der Waals surface area contributed by atoms with Crippen molar-refractivity contribution in [3.05, 3.63) is 78.4 Å². The first kappa shape index (κ1) is 40.2. The minimum Gasteiger partial charge on any atom is -0.494 e. The van der Waals surface area contributed by atoms with Gasteiger partial charge in [0.1, 0.15) is 0 Å². The number of aromatic nitrogens is 2. The van der Waals surface area contributed by atoms with Gasteiger partial charge in [-0.25, -0.2) is 0 Å². The van der Waals surface area contributed by atoms with Gasteiger partial charge in [0.05, 0.1) is 54.7 Å². The highest BCUT2D eigenvalue weighted by Crippen LogP contribution is 2.42. The molecular formula is C46H59N7O6. The molecule has 2 aliphatic carbocycles. The first-order chi connectivity index (χ1) is 28.9. The molecule has 9 rings (SSSR count). The summed E-state index contributed by atoms with van der Waals surface area (Å²) in [4.78, 5) is 56.4. The Morgan fingerprint density at radius 3 is 1.92 bits per heavy atom. The number of rotatable bonds is 15. The first-order valence-corrected chi connectivity index (χ1v) is 22.2. The third-order valence-corrected chi connectivity index (χ3v) is 13.3. The van der Waals surface area contributed by atoms with Crippen LogP contribution in [0.15, 0.2) is 55.8 Å². The van der Waals surface area contributed by atoms with Crippen LogP contribution in [0.4, 0.5) is 0 Å². The van der Waals surface area contributed by atoms with E-state index >= 15 is 0 Å². The highest BCUT2D eigenvalue weighted by Gasteiger charge is 2.30. The van der Waals surface area contributed by atoms with Gasteiger partial charge in [-0.1, -0.05) is 37.1 Å². The molecule has 6 aliphatic rings. The monoisotopic (exact) mass is 805 g/mol. The van der Waals surface area contributed by atoms with Crippen LogP contribution in [0.3, 0.4) is 0 Å². The number of nitrogens with zero attached hydrogens (tertiary/aromatic N) is 6. The molecule has 4 aliphatic heterocycles. The summed E-state index contributed by atoms with van der Waals surface area (Å²) in [6.45, 7) is 12.2. The van der Waals surface area contributed by atoms with Gasteiger partial charge in [-0.15, -0.1) is 0 Å². The molecule has 2 N–H and O–H groups in total. The fourth-order valence-electron chi connectivity index (χ4n) is 9.98. The minimum absolute atomic E-state index is 0.150. The fraction of sp³-hybridized carbons (Fsp3) is 0.565. The Morgan fingerprint density at radius 2 is 1.25 bits per heavy atom.